The minimum absolute atomic E-state index is 0. The van der Waals surface area contributed by atoms with Gasteiger partial charge in [-0.2, -0.15) is 30.4 Å². The number of carbonyl (C=O) groups excluding carboxylic acids is 2. The number of amides is 1. The standard InChI is InChI=1S/C26H20N4O15S3.4Na/c1-11(31)27-18-10-16(46(37,38)39)6-13-7-19(47(40,41)42)22(24(33)21(13)18)30-29-14-4-2-3-12(5-14)25(34)28-15-8-17(26(35)36)23(32)20(9-15)48(43,44)45;;;;/h2-10,32-33H,1H3,(H,27,31)(H,28,34)(H,35,36)(H,37,38,39)(H,40,41,42)(H,43,44,45);;;;/q;4*+1/p-4. The molecule has 0 radical (unpaired) electrons. The topological polar surface area (TPSA) is 339 Å². The molecule has 0 aliphatic heterocycles. The van der Waals surface area contributed by atoms with Gasteiger partial charge in [-0.1, -0.05) is 23.6 Å². The number of rotatable bonds is 9. The Kier molecular flexibility index (Phi) is 18.8. The molecule has 0 heterocycles. The molecule has 0 aliphatic rings. The summed E-state index contributed by atoms with van der Waals surface area (Å²) in [6.07, 6.45) is 0. The van der Waals surface area contributed by atoms with E-state index in [-0.39, 0.29) is 129 Å². The van der Waals surface area contributed by atoms with Gasteiger partial charge in [0.25, 0.3) is 30.4 Å². The van der Waals surface area contributed by atoms with E-state index in [0.717, 1.165) is 19.1 Å². The van der Waals surface area contributed by atoms with Crippen LogP contribution in [-0.4, -0.2) is 56.7 Å². The molecule has 0 aliphatic carbocycles. The van der Waals surface area contributed by atoms with E-state index < -0.39 is 108 Å². The number of nitrogens with one attached hydrogen (secondary N) is 1. The first-order valence-corrected chi connectivity index (χ1v) is 16.8. The molecule has 4 N–H and O–H groups in total. The molecule has 0 atom stereocenters. The Morgan fingerprint density at radius 3 is 1.83 bits per heavy atom. The van der Waals surface area contributed by atoms with Gasteiger partial charge in [0.1, 0.15) is 4.90 Å². The Labute approximate surface area is 383 Å². The zero-order valence-corrected chi connectivity index (χ0v) is 38.0. The average Bonchev–Trinajstić information content (AvgIpc) is 2.95. The summed E-state index contributed by atoms with van der Waals surface area (Å²) >= 11 is 0. The molecule has 26 heteroatoms. The second-order valence-electron chi connectivity index (χ2n) is 9.50. The first-order chi connectivity index (χ1) is 22.1. The number of carboxylic acids is 1. The number of fused-ring (bicyclic) bond motifs is 1. The number of carboxylic acid groups (broad SMARTS) is 1. The Balaban J connectivity index is 0.00000650. The monoisotopic (exact) mass is 812 g/mol. The van der Waals surface area contributed by atoms with E-state index in [2.05, 4.69) is 20.5 Å². The van der Waals surface area contributed by atoms with Gasteiger partial charge in [0.15, 0.2) is 0 Å². The van der Waals surface area contributed by atoms with Crippen LogP contribution < -0.4 is 144 Å². The molecule has 19 nitrogen and oxygen atoms in total. The molecule has 4 aromatic carbocycles. The number of hydrogen-bond donors (Lipinski definition) is 4. The van der Waals surface area contributed by atoms with Gasteiger partial charge in [-0.25, -0.2) is 0 Å². The van der Waals surface area contributed by atoms with Gasteiger partial charge in [0, 0.05) is 12.6 Å². The maximum Gasteiger partial charge on any atom is 1.00 e. The maximum atomic E-state index is 13.5. The molecule has 1 amide bonds. The van der Waals surface area contributed by atoms with Crippen LogP contribution in [0.3, 0.4) is 0 Å². The number of benzene rings is 4. The van der Waals surface area contributed by atoms with Crippen molar-refractivity contribution in [3.63, 3.8) is 0 Å². The van der Waals surface area contributed by atoms with Crippen molar-refractivity contribution in [3.05, 3.63) is 65.7 Å². The Morgan fingerprint density at radius 2 is 1.31 bits per heavy atom. The zero-order chi connectivity index (χ0) is 35.9. The molecule has 4 aromatic rings. The van der Waals surface area contributed by atoms with Crippen molar-refractivity contribution in [3.8, 4) is 11.5 Å². The predicted octanol–water partition coefficient (Wildman–Crippen LogP) is -12.1. The quantitative estimate of drug-likeness (QED) is 0.0401. The van der Waals surface area contributed by atoms with Crippen molar-refractivity contribution in [1.29, 1.82) is 0 Å². The molecule has 0 bridgehead atoms. The Bertz CT molecular complexity index is 2460. The molecular weight excluding hydrogens is 796 g/mol. The number of hydrogen-bond acceptors (Lipinski definition) is 15. The fourth-order valence-corrected chi connectivity index (χ4v) is 5.97. The second kappa shape index (κ2) is 19.4. The van der Waals surface area contributed by atoms with Crippen LogP contribution in [0, 0.1) is 0 Å². The molecule has 252 valence electrons. The SMILES string of the molecule is CC(=O)Nc1cc(S(=O)(=O)O)cc2cc(S(=O)(=O)O)c(N=Nc3cccc(C([O-])=Nc4cc(C(=O)[O-])c([O-])c(S(=O)(=O)O)c4)c3)c([O-])c12.[Na+].[Na+].[Na+].[Na+]. The third-order valence-electron chi connectivity index (χ3n) is 6.12. The van der Waals surface area contributed by atoms with E-state index >= 15 is 0 Å². The maximum absolute atomic E-state index is 13.5. The van der Waals surface area contributed by atoms with Crippen molar-refractivity contribution in [2.24, 2.45) is 15.2 Å². The van der Waals surface area contributed by atoms with Crippen molar-refractivity contribution < 1.29 is 187 Å². The number of nitrogens with zero attached hydrogens (tertiary/aromatic N) is 3. The van der Waals surface area contributed by atoms with Gasteiger partial charge in [-0.15, -0.1) is 5.11 Å². The summed E-state index contributed by atoms with van der Waals surface area (Å²) in [5.41, 5.74) is -4.01. The molecular formula is C26H16N4Na4O15S3. The molecule has 0 spiro atoms. The fraction of sp³-hybridized carbons (Fsp3) is 0.0385. The summed E-state index contributed by atoms with van der Waals surface area (Å²) in [7, 11) is -15.5. The third-order valence-corrected chi connectivity index (χ3v) is 8.68. The Hall–Kier alpha value is -1.52. The van der Waals surface area contributed by atoms with Crippen LogP contribution in [0.4, 0.5) is 22.7 Å². The summed E-state index contributed by atoms with van der Waals surface area (Å²) in [5.74, 6) is -7.01. The number of carbonyl (C=O) groups is 2. The fourth-order valence-electron chi connectivity index (χ4n) is 4.16. The minimum Gasteiger partial charge on any atom is -0.871 e. The average molecular weight is 813 g/mol. The zero-order valence-electron chi connectivity index (χ0n) is 27.5. The van der Waals surface area contributed by atoms with Crippen LogP contribution in [0.15, 0.2) is 84.5 Å². The van der Waals surface area contributed by atoms with E-state index in [0.29, 0.717) is 30.3 Å². The van der Waals surface area contributed by atoms with Crippen LogP contribution in [0.1, 0.15) is 22.8 Å². The normalized spacial score (nSPS) is 11.8. The van der Waals surface area contributed by atoms with Gasteiger partial charge >= 0.3 is 118 Å². The largest absolute Gasteiger partial charge is 1.00 e. The van der Waals surface area contributed by atoms with E-state index in [1.54, 1.807) is 0 Å². The molecule has 0 saturated carbocycles. The molecule has 0 fully saturated rings. The summed E-state index contributed by atoms with van der Waals surface area (Å²) in [6.45, 7) is 0.999. The van der Waals surface area contributed by atoms with Gasteiger partial charge in [0.2, 0.25) is 5.91 Å². The number of aliphatic imine (C=N–C) groups is 1. The van der Waals surface area contributed by atoms with Crippen LogP contribution in [-0.2, 0) is 35.1 Å². The molecule has 0 aromatic heterocycles. The molecule has 4 rings (SSSR count). The first kappa shape index (κ1) is 50.5. The Morgan fingerprint density at radius 1 is 0.712 bits per heavy atom. The summed E-state index contributed by atoms with van der Waals surface area (Å²) in [5, 5.41) is 58.2. The predicted molar refractivity (Wildman–Crippen MR) is 154 cm³/mol. The molecule has 0 unspecified atom stereocenters. The number of aromatic carboxylic acids is 1. The van der Waals surface area contributed by atoms with Gasteiger partial charge in [-0.05, 0) is 70.3 Å². The van der Waals surface area contributed by atoms with Crippen molar-refractivity contribution >= 4 is 81.7 Å². The molecule has 0 saturated heterocycles. The number of anilines is 1. The van der Waals surface area contributed by atoms with E-state index in [9.17, 15) is 68.9 Å². The third kappa shape index (κ3) is 12.0. The summed E-state index contributed by atoms with van der Waals surface area (Å²) in [4.78, 5) is 23.2. The molecule has 52 heavy (non-hydrogen) atoms. The van der Waals surface area contributed by atoms with E-state index in [4.69, 9.17) is 0 Å². The smallest absolute Gasteiger partial charge is 0.871 e. The van der Waals surface area contributed by atoms with Crippen molar-refractivity contribution in [2.45, 2.75) is 21.6 Å². The van der Waals surface area contributed by atoms with Gasteiger partial charge in [-0.3, -0.25) is 23.4 Å². The summed E-state index contributed by atoms with van der Waals surface area (Å²) in [6, 6.07) is 7.51. The summed E-state index contributed by atoms with van der Waals surface area (Å²) < 4.78 is 99.6. The minimum atomic E-state index is -5.27. The van der Waals surface area contributed by atoms with Crippen molar-refractivity contribution in [1.82, 2.24) is 0 Å². The second-order valence-corrected chi connectivity index (χ2v) is 13.7. The first-order valence-electron chi connectivity index (χ1n) is 12.4. The van der Waals surface area contributed by atoms with Crippen LogP contribution >= 0.6 is 0 Å². The van der Waals surface area contributed by atoms with Crippen LogP contribution in [0.5, 0.6) is 11.5 Å². The van der Waals surface area contributed by atoms with Gasteiger partial charge in [0.05, 0.1) is 32.8 Å². The van der Waals surface area contributed by atoms with Crippen molar-refractivity contribution in [2.75, 3.05) is 5.32 Å². The number of azo groups is 1. The van der Waals surface area contributed by atoms with Gasteiger partial charge < -0.3 is 30.5 Å². The van der Waals surface area contributed by atoms with Crippen LogP contribution in [0.25, 0.3) is 10.8 Å². The van der Waals surface area contributed by atoms with Crippen LogP contribution in [0.2, 0.25) is 0 Å². The van der Waals surface area contributed by atoms with E-state index in [1.165, 1.54) is 12.1 Å². The van der Waals surface area contributed by atoms with E-state index in [1.807, 2.05) is 0 Å².